The number of nitrogens with two attached hydrogens (primary N) is 1. The zero-order valence-corrected chi connectivity index (χ0v) is 16.6. The van der Waals surface area contributed by atoms with E-state index < -0.39 is 23.9 Å². The van der Waals surface area contributed by atoms with Gasteiger partial charge in [-0.1, -0.05) is 6.07 Å². The van der Waals surface area contributed by atoms with Gasteiger partial charge < -0.3 is 19.8 Å². The maximum Gasteiger partial charge on any atom is 0.494 e. The van der Waals surface area contributed by atoms with Crippen molar-refractivity contribution in [3.8, 4) is 0 Å². The second-order valence-electron chi connectivity index (χ2n) is 8.75. The molecule has 1 fully saturated rings. The Hall–Kier alpha value is -1.53. The van der Waals surface area contributed by atoms with Crippen molar-refractivity contribution in [2.75, 3.05) is 5.73 Å². The number of hydrogen-bond donors (Lipinski definition) is 1. The average molecular weight is 347 g/mol. The number of hydrogen-bond acceptors (Lipinski definition) is 5. The van der Waals surface area contributed by atoms with Gasteiger partial charge in [-0.05, 0) is 78.0 Å². The summed E-state index contributed by atoms with van der Waals surface area (Å²) in [6.07, 6.45) is 0.167. The highest BCUT2D eigenvalue weighted by molar-refractivity contribution is 6.62. The number of nitrogen functional groups attached to an aromatic ring is 1. The summed E-state index contributed by atoms with van der Waals surface area (Å²) in [7, 11) is -0.509. The molecule has 0 spiro atoms. The predicted molar refractivity (Wildman–Crippen MR) is 101 cm³/mol. The van der Waals surface area contributed by atoms with Gasteiger partial charge in [0.05, 0.1) is 17.6 Å². The normalized spacial score (nSPS) is 19.1. The second kappa shape index (κ2) is 6.33. The third kappa shape index (κ3) is 4.36. The molecular formula is C19H30BNO4. The van der Waals surface area contributed by atoms with Crippen LogP contribution in [0, 0.1) is 6.92 Å². The van der Waals surface area contributed by atoms with Crippen LogP contribution in [-0.2, 0) is 25.3 Å². The molecule has 0 aromatic heterocycles. The zero-order valence-electron chi connectivity index (χ0n) is 16.6. The smallest absolute Gasteiger partial charge is 0.460 e. The molecule has 2 rings (SSSR count). The first kappa shape index (κ1) is 19.8. The molecule has 1 aromatic rings. The van der Waals surface area contributed by atoms with Crippen LogP contribution in [0.25, 0.3) is 0 Å². The summed E-state index contributed by atoms with van der Waals surface area (Å²) >= 11 is 0. The molecule has 0 unspecified atom stereocenters. The van der Waals surface area contributed by atoms with Crippen LogP contribution < -0.4 is 11.2 Å². The summed E-state index contributed by atoms with van der Waals surface area (Å²) in [6.45, 7) is 15.5. The van der Waals surface area contributed by atoms with Crippen molar-refractivity contribution in [3.63, 3.8) is 0 Å². The Kier molecular flexibility index (Phi) is 5.01. The van der Waals surface area contributed by atoms with E-state index in [0.717, 1.165) is 16.6 Å². The van der Waals surface area contributed by atoms with E-state index in [0.29, 0.717) is 5.69 Å². The Morgan fingerprint density at radius 1 is 1.16 bits per heavy atom. The Morgan fingerprint density at radius 3 is 2.16 bits per heavy atom. The molecule has 25 heavy (non-hydrogen) atoms. The molecular weight excluding hydrogens is 317 g/mol. The quantitative estimate of drug-likeness (QED) is 0.517. The van der Waals surface area contributed by atoms with Gasteiger partial charge in [-0.25, -0.2) is 0 Å². The molecule has 0 bridgehead atoms. The molecule has 0 saturated carbocycles. The van der Waals surface area contributed by atoms with E-state index in [-0.39, 0.29) is 12.4 Å². The van der Waals surface area contributed by atoms with Crippen molar-refractivity contribution >= 4 is 24.2 Å². The fourth-order valence-electron chi connectivity index (χ4n) is 2.66. The Labute approximate surface area is 151 Å². The predicted octanol–water partition coefficient (Wildman–Crippen LogP) is 2.76. The van der Waals surface area contributed by atoms with Crippen LogP contribution in [0.2, 0.25) is 0 Å². The Bertz CT molecular complexity index is 661. The highest BCUT2D eigenvalue weighted by Crippen LogP contribution is 2.36. The molecule has 138 valence electrons. The molecule has 0 atom stereocenters. The molecule has 2 N–H and O–H groups in total. The minimum absolute atomic E-state index is 0.167. The maximum atomic E-state index is 12.2. The summed E-state index contributed by atoms with van der Waals surface area (Å²) in [5, 5.41) is 0. The van der Waals surface area contributed by atoms with Gasteiger partial charge in [0.2, 0.25) is 0 Å². The van der Waals surface area contributed by atoms with Crippen molar-refractivity contribution in [1.29, 1.82) is 0 Å². The zero-order chi connectivity index (χ0) is 19.2. The third-order valence-electron chi connectivity index (χ3n) is 4.86. The van der Waals surface area contributed by atoms with E-state index in [9.17, 15) is 4.79 Å². The fraction of sp³-hybridized carbons (Fsp3) is 0.632. The summed E-state index contributed by atoms with van der Waals surface area (Å²) in [5.41, 5.74) is 7.94. The van der Waals surface area contributed by atoms with Crippen LogP contribution in [0.4, 0.5) is 5.69 Å². The van der Waals surface area contributed by atoms with Crippen LogP contribution in [0.3, 0.4) is 0 Å². The van der Waals surface area contributed by atoms with Gasteiger partial charge in [0.25, 0.3) is 0 Å². The van der Waals surface area contributed by atoms with E-state index in [4.69, 9.17) is 19.8 Å². The molecule has 1 aliphatic rings. The summed E-state index contributed by atoms with van der Waals surface area (Å²) in [4.78, 5) is 12.2. The minimum atomic E-state index is -0.514. The van der Waals surface area contributed by atoms with E-state index >= 15 is 0 Å². The van der Waals surface area contributed by atoms with Crippen molar-refractivity contribution in [3.05, 3.63) is 23.3 Å². The molecule has 6 heteroatoms. The first-order chi connectivity index (χ1) is 11.2. The van der Waals surface area contributed by atoms with Gasteiger partial charge in [0, 0.05) is 5.69 Å². The number of rotatable bonds is 3. The summed E-state index contributed by atoms with van der Waals surface area (Å²) in [6, 6.07) is 3.79. The number of anilines is 1. The van der Waals surface area contributed by atoms with Crippen molar-refractivity contribution in [1.82, 2.24) is 0 Å². The van der Waals surface area contributed by atoms with Gasteiger partial charge in [0.1, 0.15) is 5.60 Å². The van der Waals surface area contributed by atoms with Crippen LogP contribution >= 0.6 is 0 Å². The Balaban J connectivity index is 2.28. The topological polar surface area (TPSA) is 70.8 Å². The van der Waals surface area contributed by atoms with E-state index in [1.165, 1.54) is 0 Å². The monoisotopic (exact) mass is 347 g/mol. The van der Waals surface area contributed by atoms with Gasteiger partial charge in [-0.3, -0.25) is 4.79 Å². The molecule has 0 radical (unpaired) electrons. The highest BCUT2D eigenvalue weighted by Gasteiger charge is 2.51. The molecule has 1 aliphatic heterocycles. The van der Waals surface area contributed by atoms with Crippen molar-refractivity contribution < 1.29 is 18.8 Å². The largest absolute Gasteiger partial charge is 0.494 e. The summed E-state index contributed by atoms with van der Waals surface area (Å²) in [5.74, 6) is -0.277. The molecule has 5 nitrogen and oxygen atoms in total. The third-order valence-corrected chi connectivity index (χ3v) is 4.86. The van der Waals surface area contributed by atoms with E-state index in [1.807, 2.05) is 67.5 Å². The number of benzene rings is 1. The van der Waals surface area contributed by atoms with Gasteiger partial charge in [-0.15, -0.1) is 0 Å². The van der Waals surface area contributed by atoms with Crippen LogP contribution in [0.15, 0.2) is 12.1 Å². The highest BCUT2D eigenvalue weighted by atomic mass is 16.7. The number of esters is 1. The minimum Gasteiger partial charge on any atom is -0.460 e. The Morgan fingerprint density at radius 2 is 1.68 bits per heavy atom. The standard InChI is InChI=1S/C19H30BNO4/c1-12-13(10-16(22)23-17(2,3)4)9-14(11-15(12)21)20-24-18(5,6)19(7,8)25-20/h9,11H,10,21H2,1-8H3. The molecule has 1 saturated heterocycles. The van der Waals surface area contributed by atoms with Gasteiger partial charge in [0.15, 0.2) is 0 Å². The van der Waals surface area contributed by atoms with E-state index in [2.05, 4.69) is 0 Å². The lowest BCUT2D eigenvalue weighted by Crippen LogP contribution is -2.41. The van der Waals surface area contributed by atoms with Crippen LogP contribution in [-0.4, -0.2) is 29.9 Å². The average Bonchev–Trinajstić information content (AvgIpc) is 2.61. The molecule has 0 amide bonds. The molecule has 1 aromatic carbocycles. The van der Waals surface area contributed by atoms with Crippen LogP contribution in [0.5, 0.6) is 0 Å². The lowest BCUT2D eigenvalue weighted by Gasteiger charge is -2.32. The lowest BCUT2D eigenvalue weighted by molar-refractivity contribution is -0.153. The SMILES string of the molecule is Cc1c(N)cc(B2OC(C)(C)C(C)(C)O2)cc1CC(=O)OC(C)(C)C. The first-order valence-electron chi connectivity index (χ1n) is 8.68. The lowest BCUT2D eigenvalue weighted by atomic mass is 9.77. The maximum absolute atomic E-state index is 12.2. The van der Waals surface area contributed by atoms with Crippen molar-refractivity contribution in [2.24, 2.45) is 0 Å². The van der Waals surface area contributed by atoms with Gasteiger partial charge in [-0.2, -0.15) is 0 Å². The second-order valence-corrected chi connectivity index (χ2v) is 8.75. The molecule has 0 aliphatic carbocycles. The van der Waals surface area contributed by atoms with Crippen LogP contribution in [0.1, 0.15) is 59.6 Å². The van der Waals surface area contributed by atoms with E-state index in [1.54, 1.807) is 0 Å². The fourth-order valence-corrected chi connectivity index (χ4v) is 2.66. The molecule has 1 heterocycles. The first-order valence-corrected chi connectivity index (χ1v) is 8.68. The number of carbonyl (C=O) groups is 1. The summed E-state index contributed by atoms with van der Waals surface area (Å²) < 4.78 is 17.6. The van der Waals surface area contributed by atoms with Gasteiger partial charge >= 0.3 is 13.1 Å². The number of carbonyl (C=O) groups excluding carboxylic acids is 1. The van der Waals surface area contributed by atoms with Crippen molar-refractivity contribution in [2.45, 2.75) is 78.6 Å². The number of ether oxygens (including phenoxy) is 1.